The number of nitrogens with one attached hydrogen (secondary N) is 2. The highest BCUT2D eigenvalue weighted by atomic mass is 35.5. The topological polar surface area (TPSA) is 67.2 Å². The van der Waals surface area contributed by atoms with Crippen LogP contribution >= 0.6 is 24.8 Å². The lowest BCUT2D eigenvalue weighted by molar-refractivity contribution is -0.122. The molecule has 160 valence electrons. The lowest BCUT2D eigenvalue weighted by Gasteiger charge is -2.12. The number of nitrogens with two attached hydrogens (primary N) is 1. The van der Waals surface area contributed by atoms with Crippen LogP contribution in [0, 0.1) is 6.92 Å². The highest BCUT2D eigenvalue weighted by Gasteiger charge is 2.37. The smallest absolute Gasteiger partial charge is 0.237 e. The number of carbonyl (C=O) groups excluding carboxylic acids is 1. The molecule has 2 aromatic carbocycles. The Morgan fingerprint density at radius 2 is 1.86 bits per heavy atom. The molecular weight excluding hydrogens is 405 g/mol. The van der Waals surface area contributed by atoms with E-state index >= 15 is 0 Å². The minimum Gasteiger partial charge on any atom is -0.351 e. The van der Waals surface area contributed by atoms with Crippen LogP contribution in [0.25, 0.3) is 0 Å². The van der Waals surface area contributed by atoms with E-state index in [0.29, 0.717) is 18.5 Å². The van der Waals surface area contributed by atoms with Crippen molar-refractivity contribution in [2.75, 3.05) is 6.54 Å². The molecule has 0 radical (unpaired) electrons. The van der Waals surface area contributed by atoms with Gasteiger partial charge in [-0.2, -0.15) is 0 Å². The quantitative estimate of drug-likeness (QED) is 0.490. The first-order chi connectivity index (χ1) is 13.1. The van der Waals surface area contributed by atoms with Gasteiger partial charge in [0.2, 0.25) is 5.91 Å². The Morgan fingerprint density at radius 1 is 1.10 bits per heavy atom. The van der Waals surface area contributed by atoms with Crippen molar-refractivity contribution in [1.82, 2.24) is 10.6 Å². The first kappa shape index (κ1) is 25.4. The summed E-state index contributed by atoms with van der Waals surface area (Å²) >= 11 is 0. The fourth-order valence-electron chi connectivity index (χ4n) is 3.54. The molecule has 1 fully saturated rings. The molecule has 3 atom stereocenters. The Bertz CT molecular complexity index is 742. The summed E-state index contributed by atoms with van der Waals surface area (Å²) in [6.07, 6.45) is 3.98. The van der Waals surface area contributed by atoms with Gasteiger partial charge in [0.1, 0.15) is 0 Å². The number of amides is 1. The highest BCUT2D eigenvalue weighted by Crippen LogP contribution is 2.40. The lowest BCUT2D eigenvalue weighted by Crippen LogP contribution is -2.40. The molecule has 0 saturated heterocycles. The number of aryl methyl sites for hydroxylation is 1. The van der Waals surface area contributed by atoms with Gasteiger partial charge in [-0.15, -0.1) is 24.8 Å². The van der Waals surface area contributed by atoms with E-state index in [1.807, 2.05) is 12.1 Å². The summed E-state index contributed by atoms with van der Waals surface area (Å²) in [4.78, 5) is 12.1. The molecule has 1 aliphatic rings. The van der Waals surface area contributed by atoms with E-state index in [2.05, 4.69) is 60.0 Å². The van der Waals surface area contributed by atoms with Crippen LogP contribution in [-0.4, -0.2) is 24.5 Å². The fourth-order valence-corrected chi connectivity index (χ4v) is 3.54. The molecule has 1 saturated carbocycles. The second-order valence-electron chi connectivity index (χ2n) is 7.62. The van der Waals surface area contributed by atoms with Crippen molar-refractivity contribution in [3.63, 3.8) is 0 Å². The molecule has 0 bridgehead atoms. The lowest BCUT2D eigenvalue weighted by atomic mass is 10.1. The molecule has 29 heavy (non-hydrogen) atoms. The summed E-state index contributed by atoms with van der Waals surface area (Å²) < 4.78 is 0. The standard InChI is InChI=1S/C23H31N3O.2ClH/c1-17-8-7-9-18(14-17)16-26-23(27)21(24)12-5-6-13-25-22-15-20(22)19-10-3-2-4-11-19;;/h2-4,7-11,14,20-22,25H,5-6,12-13,15-16,24H2,1H3,(H,26,27);2*1H. The van der Waals surface area contributed by atoms with Gasteiger partial charge in [-0.25, -0.2) is 0 Å². The maximum absolute atomic E-state index is 12.1. The van der Waals surface area contributed by atoms with Crippen LogP contribution in [0.1, 0.15) is 48.3 Å². The molecule has 4 nitrogen and oxygen atoms in total. The van der Waals surface area contributed by atoms with Crippen LogP contribution in [-0.2, 0) is 11.3 Å². The van der Waals surface area contributed by atoms with Crippen molar-refractivity contribution >= 4 is 30.7 Å². The summed E-state index contributed by atoms with van der Waals surface area (Å²) in [7, 11) is 0. The third-order valence-corrected chi connectivity index (χ3v) is 5.25. The largest absolute Gasteiger partial charge is 0.351 e. The Morgan fingerprint density at radius 3 is 2.59 bits per heavy atom. The van der Waals surface area contributed by atoms with E-state index in [1.54, 1.807) is 0 Å². The van der Waals surface area contributed by atoms with Gasteiger partial charge < -0.3 is 16.4 Å². The van der Waals surface area contributed by atoms with E-state index in [0.717, 1.165) is 31.4 Å². The monoisotopic (exact) mass is 437 g/mol. The molecule has 0 heterocycles. The second-order valence-corrected chi connectivity index (χ2v) is 7.62. The van der Waals surface area contributed by atoms with Crippen LogP contribution < -0.4 is 16.4 Å². The molecule has 0 aliphatic heterocycles. The van der Waals surface area contributed by atoms with Gasteiger partial charge in [-0.3, -0.25) is 4.79 Å². The SMILES string of the molecule is Cc1cccc(CNC(=O)C(N)CCCCNC2CC2c2ccccc2)c1.Cl.Cl. The number of halogens is 2. The average molecular weight is 438 g/mol. The van der Waals surface area contributed by atoms with E-state index in [-0.39, 0.29) is 30.7 Å². The Labute approximate surface area is 186 Å². The predicted octanol–water partition coefficient (Wildman–Crippen LogP) is 4.10. The van der Waals surface area contributed by atoms with Gasteiger partial charge in [0, 0.05) is 18.5 Å². The maximum Gasteiger partial charge on any atom is 0.237 e. The first-order valence-electron chi connectivity index (χ1n) is 10.0. The van der Waals surface area contributed by atoms with Crippen molar-refractivity contribution < 1.29 is 4.79 Å². The molecule has 6 heteroatoms. The highest BCUT2D eigenvalue weighted by molar-refractivity contribution is 5.85. The first-order valence-corrected chi connectivity index (χ1v) is 10.0. The minimum absolute atomic E-state index is 0. The molecular formula is C23H33Cl2N3O. The van der Waals surface area contributed by atoms with Gasteiger partial charge in [-0.1, -0.05) is 66.6 Å². The van der Waals surface area contributed by atoms with E-state index < -0.39 is 6.04 Å². The van der Waals surface area contributed by atoms with Crippen molar-refractivity contribution in [2.45, 2.75) is 57.2 Å². The molecule has 4 N–H and O–H groups in total. The van der Waals surface area contributed by atoms with Gasteiger partial charge in [0.05, 0.1) is 6.04 Å². The van der Waals surface area contributed by atoms with Gasteiger partial charge >= 0.3 is 0 Å². The summed E-state index contributed by atoms with van der Waals surface area (Å²) in [5, 5.41) is 6.56. The molecule has 0 aromatic heterocycles. The van der Waals surface area contributed by atoms with E-state index in [1.165, 1.54) is 17.5 Å². The van der Waals surface area contributed by atoms with Crippen LogP contribution in [0.2, 0.25) is 0 Å². The van der Waals surface area contributed by atoms with Crippen LogP contribution in [0.4, 0.5) is 0 Å². The predicted molar refractivity (Wildman–Crippen MR) is 125 cm³/mol. The molecule has 1 amide bonds. The second kappa shape index (κ2) is 12.9. The summed E-state index contributed by atoms with van der Waals surface area (Å²) in [5.74, 6) is 0.608. The minimum atomic E-state index is -0.423. The summed E-state index contributed by atoms with van der Waals surface area (Å²) in [5.41, 5.74) is 9.77. The Kier molecular flexibility index (Phi) is 11.3. The van der Waals surface area contributed by atoms with Crippen molar-refractivity contribution in [3.8, 4) is 0 Å². The molecule has 0 spiro atoms. The Balaban J connectivity index is 0.00000210. The zero-order valence-electron chi connectivity index (χ0n) is 17.0. The molecule has 3 unspecified atom stereocenters. The van der Waals surface area contributed by atoms with E-state index in [9.17, 15) is 4.79 Å². The zero-order chi connectivity index (χ0) is 19.1. The number of hydrogen-bond donors (Lipinski definition) is 3. The van der Waals surface area contributed by atoms with Gasteiger partial charge in [0.25, 0.3) is 0 Å². The van der Waals surface area contributed by atoms with E-state index in [4.69, 9.17) is 5.73 Å². The van der Waals surface area contributed by atoms with Crippen LogP contribution in [0.15, 0.2) is 54.6 Å². The molecule has 1 aliphatic carbocycles. The van der Waals surface area contributed by atoms with Crippen molar-refractivity contribution in [2.24, 2.45) is 5.73 Å². The van der Waals surface area contributed by atoms with Crippen molar-refractivity contribution in [1.29, 1.82) is 0 Å². The average Bonchev–Trinajstić information content (AvgIpc) is 3.46. The third-order valence-electron chi connectivity index (χ3n) is 5.25. The summed E-state index contributed by atoms with van der Waals surface area (Å²) in [6, 6.07) is 19.0. The van der Waals surface area contributed by atoms with Gasteiger partial charge in [0.15, 0.2) is 0 Å². The normalized spacial score (nSPS) is 18.1. The number of carbonyl (C=O) groups is 1. The molecule has 2 aromatic rings. The Hall–Kier alpha value is -1.59. The number of hydrogen-bond acceptors (Lipinski definition) is 3. The fraction of sp³-hybridized carbons (Fsp3) is 0.435. The van der Waals surface area contributed by atoms with Crippen molar-refractivity contribution in [3.05, 3.63) is 71.3 Å². The number of unbranched alkanes of at least 4 members (excludes halogenated alkanes) is 1. The van der Waals surface area contributed by atoms with Crippen LogP contribution in [0.3, 0.4) is 0 Å². The zero-order valence-corrected chi connectivity index (χ0v) is 18.6. The van der Waals surface area contributed by atoms with Crippen LogP contribution in [0.5, 0.6) is 0 Å². The third kappa shape index (κ3) is 8.35. The summed E-state index contributed by atoms with van der Waals surface area (Å²) in [6.45, 7) is 3.58. The number of rotatable bonds is 10. The number of benzene rings is 2. The molecule has 3 rings (SSSR count). The van der Waals surface area contributed by atoms with Gasteiger partial charge in [-0.05, 0) is 43.9 Å². The maximum atomic E-state index is 12.1.